The van der Waals surface area contributed by atoms with Gasteiger partial charge in [0.25, 0.3) is 0 Å². The molecule has 1 aliphatic heterocycles. The van der Waals surface area contributed by atoms with Crippen molar-refractivity contribution in [1.29, 1.82) is 0 Å². The Balaban J connectivity index is 1.36. The highest BCUT2D eigenvalue weighted by Crippen LogP contribution is 2.27. The molecule has 9 nitrogen and oxygen atoms in total. The number of rotatable bonds is 5. The Labute approximate surface area is 189 Å². The molecular weight excluding hydrogens is 416 g/mol. The molecule has 6 rings (SSSR count). The maximum Gasteiger partial charge on any atom is 0.177 e. The molecule has 0 saturated carbocycles. The molecule has 5 heterocycles. The zero-order chi connectivity index (χ0) is 22.0. The first-order chi connectivity index (χ1) is 16.3. The number of H-pyrrole nitrogens is 1. The fraction of sp³-hybridized carbons (Fsp3) is 0.167. The number of nitrogens with one attached hydrogen (secondary N) is 2. The van der Waals surface area contributed by atoms with Crippen molar-refractivity contribution in [2.24, 2.45) is 5.10 Å². The van der Waals surface area contributed by atoms with E-state index in [4.69, 9.17) is 14.8 Å². The van der Waals surface area contributed by atoms with Gasteiger partial charge in [0.05, 0.1) is 37.0 Å². The van der Waals surface area contributed by atoms with E-state index in [1.54, 1.807) is 18.6 Å². The molecule has 1 saturated heterocycles. The molecule has 9 heteroatoms. The molecule has 1 fully saturated rings. The Kier molecular flexibility index (Phi) is 4.93. The molecule has 0 atom stereocenters. The summed E-state index contributed by atoms with van der Waals surface area (Å²) < 4.78 is 7.36. The lowest BCUT2D eigenvalue weighted by Gasteiger charge is -2.29. The average molecular weight is 438 g/mol. The summed E-state index contributed by atoms with van der Waals surface area (Å²) in [5, 5.41) is 10.3. The number of hydrogen-bond acceptors (Lipinski definition) is 7. The first-order valence-corrected chi connectivity index (χ1v) is 10.8. The van der Waals surface area contributed by atoms with Gasteiger partial charge in [-0.3, -0.25) is 10.4 Å². The van der Waals surface area contributed by atoms with E-state index in [2.05, 4.69) is 31.5 Å². The highest BCUT2D eigenvalue weighted by Gasteiger charge is 2.18. The smallest absolute Gasteiger partial charge is 0.177 e. The summed E-state index contributed by atoms with van der Waals surface area (Å²) in [7, 11) is 0. The van der Waals surface area contributed by atoms with E-state index in [0.29, 0.717) is 19.0 Å². The summed E-state index contributed by atoms with van der Waals surface area (Å²) in [6.45, 7) is 2.98. The standard InChI is InChI=1S/C24H22N8O/c1-2-4-20-19(3-1)18(14-26-20)15-27-29-23-13-22(31-9-11-33-12-10-31)24-28-21(16-32(24)30-23)17-5-7-25-8-6-17/h1-8,13-16,26H,9-12H2,(H,29,30). The van der Waals surface area contributed by atoms with Gasteiger partial charge < -0.3 is 14.6 Å². The van der Waals surface area contributed by atoms with E-state index >= 15 is 0 Å². The number of anilines is 2. The van der Waals surface area contributed by atoms with Crippen molar-refractivity contribution in [3.63, 3.8) is 0 Å². The molecule has 1 aliphatic rings. The lowest BCUT2D eigenvalue weighted by Crippen LogP contribution is -2.36. The van der Waals surface area contributed by atoms with Gasteiger partial charge in [-0.1, -0.05) is 18.2 Å². The highest BCUT2D eigenvalue weighted by molar-refractivity contribution is 5.99. The lowest BCUT2D eigenvalue weighted by molar-refractivity contribution is 0.123. The second-order valence-electron chi connectivity index (χ2n) is 7.80. The number of morpholine rings is 1. The SMILES string of the molecule is C(=NNc1cc(N2CCOCC2)c2nc(-c3ccncc3)cn2n1)c1c[nH]c2ccccc12. The van der Waals surface area contributed by atoms with Crippen molar-refractivity contribution in [3.8, 4) is 11.3 Å². The summed E-state index contributed by atoms with van der Waals surface area (Å²) in [5.74, 6) is 0.638. The molecule has 0 spiro atoms. The van der Waals surface area contributed by atoms with Crippen molar-refractivity contribution in [2.45, 2.75) is 0 Å². The van der Waals surface area contributed by atoms with E-state index in [-0.39, 0.29) is 0 Å². The molecule has 0 radical (unpaired) electrons. The minimum Gasteiger partial charge on any atom is -0.378 e. The number of aromatic nitrogens is 5. The molecule has 2 N–H and O–H groups in total. The summed E-state index contributed by atoms with van der Waals surface area (Å²) in [4.78, 5) is 14.5. The van der Waals surface area contributed by atoms with Gasteiger partial charge >= 0.3 is 0 Å². The van der Waals surface area contributed by atoms with E-state index < -0.39 is 0 Å². The molecular formula is C24H22N8O. The topological polar surface area (TPSA) is 95.7 Å². The molecule has 164 valence electrons. The van der Waals surface area contributed by atoms with Gasteiger partial charge in [0, 0.05) is 59.8 Å². The number of aromatic amines is 1. The number of hydrogen-bond donors (Lipinski definition) is 2. The Morgan fingerprint density at radius 3 is 2.82 bits per heavy atom. The van der Waals surface area contributed by atoms with E-state index in [0.717, 1.165) is 52.1 Å². The third-order valence-corrected chi connectivity index (χ3v) is 5.74. The predicted octanol–water partition coefficient (Wildman–Crippen LogP) is 3.56. The van der Waals surface area contributed by atoms with Gasteiger partial charge in [-0.25, -0.2) is 9.50 Å². The number of nitrogens with zero attached hydrogens (tertiary/aromatic N) is 6. The van der Waals surface area contributed by atoms with Crippen LogP contribution in [0.15, 0.2) is 72.4 Å². The van der Waals surface area contributed by atoms with E-state index in [1.807, 2.05) is 53.3 Å². The molecule has 33 heavy (non-hydrogen) atoms. The van der Waals surface area contributed by atoms with Crippen LogP contribution in [0.1, 0.15) is 5.56 Å². The van der Waals surface area contributed by atoms with Gasteiger partial charge in [-0.2, -0.15) is 5.10 Å². The van der Waals surface area contributed by atoms with Crippen LogP contribution in [0.3, 0.4) is 0 Å². The summed E-state index contributed by atoms with van der Waals surface area (Å²) >= 11 is 0. The molecule has 0 unspecified atom stereocenters. The normalized spacial score (nSPS) is 14.5. The van der Waals surface area contributed by atoms with Crippen LogP contribution in [0, 0.1) is 0 Å². The summed E-state index contributed by atoms with van der Waals surface area (Å²) in [5.41, 5.74) is 8.83. The first-order valence-electron chi connectivity index (χ1n) is 10.8. The predicted molar refractivity (Wildman–Crippen MR) is 129 cm³/mol. The van der Waals surface area contributed by atoms with Crippen LogP contribution < -0.4 is 10.3 Å². The van der Waals surface area contributed by atoms with Crippen molar-refractivity contribution in [3.05, 3.63) is 72.8 Å². The molecule has 4 aromatic heterocycles. The summed E-state index contributed by atoms with van der Waals surface area (Å²) in [6.07, 6.45) is 9.21. The number of ether oxygens (including phenoxy) is 1. The maximum atomic E-state index is 5.55. The number of fused-ring (bicyclic) bond motifs is 2. The Morgan fingerprint density at radius 2 is 1.94 bits per heavy atom. The second-order valence-corrected chi connectivity index (χ2v) is 7.80. The maximum absolute atomic E-state index is 5.55. The van der Waals surface area contributed by atoms with Gasteiger partial charge in [0.1, 0.15) is 0 Å². The van der Waals surface area contributed by atoms with Crippen molar-refractivity contribution < 1.29 is 4.74 Å². The minimum absolute atomic E-state index is 0.638. The van der Waals surface area contributed by atoms with Crippen LogP contribution in [-0.2, 0) is 4.74 Å². The largest absolute Gasteiger partial charge is 0.378 e. The van der Waals surface area contributed by atoms with E-state index in [1.165, 1.54) is 0 Å². The summed E-state index contributed by atoms with van der Waals surface area (Å²) in [6, 6.07) is 14.0. The number of pyridine rings is 1. The van der Waals surface area contributed by atoms with Crippen molar-refractivity contribution in [1.82, 2.24) is 24.6 Å². The van der Waals surface area contributed by atoms with Gasteiger partial charge in [-0.05, 0) is 18.2 Å². The third-order valence-electron chi connectivity index (χ3n) is 5.74. The van der Waals surface area contributed by atoms with Gasteiger partial charge in [0.2, 0.25) is 0 Å². The number of hydrazone groups is 1. The molecule has 0 bridgehead atoms. The zero-order valence-corrected chi connectivity index (χ0v) is 17.8. The van der Waals surface area contributed by atoms with Gasteiger partial charge in [-0.15, -0.1) is 5.10 Å². The average Bonchev–Trinajstić information content (AvgIpc) is 3.49. The number of para-hydroxylation sites is 1. The Bertz CT molecular complexity index is 1430. The second kappa shape index (κ2) is 8.36. The van der Waals surface area contributed by atoms with Crippen LogP contribution in [0.5, 0.6) is 0 Å². The molecule has 5 aromatic rings. The van der Waals surface area contributed by atoms with Crippen molar-refractivity contribution in [2.75, 3.05) is 36.6 Å². The van der Waals surface area contributed by atoms with E-state index in [9.17, 15) is 0 Å². The van der Waals surface area contributed by atoms with Crippen LogP contribution in [0.4, 0.5) is 11.5 Å². The first kappa shape index (κ1) is 19.4. The fourth-order valence-corrected chi connectivity index (χ4v) is 4.08. The molecule has 0 aliphatic carbocycles. The lowest BCUT2D eigenvalue weighted by atomic mass is 10.2. The Morgan fingerprint density at radius 1 is 1.09 bits per heavy atom. The molecule has 1 aromatic carbocycles. The fourth-order valence-electron chi connectivity index (χ4n) is 4.08. The number of benzene rings is 1. The molecule has 0 amide bonds. The monoisotopic (exact) mass is 438 g/mol. The quantitative estimate of drug-likeness (QED) is 0.322. The minimum atomic E-state index is 0.638. The Hall–Kier alpha value is -4.24. The zero-order valence-electron chi connectivity index (χ0n) is 17.8. The van der Waals surface area contributed by atoms with Crippen molar-refractivity contribution >= 4 is 34.3 Å². The third kappa shape index (κ3) is 3.79. The number of imidazole rings is 1. The van der Waals surface area contributed by atoms with Crippen LogP contribution in [0.25, 0.3) is 27.8 Å². The van der Waals surface area contributed by atoms with Crippen LogP contribution in [-0.4, -0.2) is 57.1 Å². The van der Waals surface area contributed by atoms with Crippen LogP contribution >= 0.6 is 0 Å². The van der Waals surface area contributed by atoms with Gasteiger partial charge in [0.15, 0.2) is 11.5 Å². The van der Waals surface area contributed by atoms with Crippen LogP contribution in [0.2, 0.25) is 0 Å². The highest BCUT2D eigenvalue weighted by atomic mass is 16.5.